The Morgan fingerprint density at radius 3 is 2.85 bits per heavy atom. The van der Waals surface area contributed by atoms with Gasteiger partial charge < -0.3 is 19.3 Å². The van der Waals surface area contributed by atoms with Crippen molar-refractivity contribution in [1.29, 1.82) is 0 Å². The highest BCUT2D eigenvalue weighted by atomic mass is 35.5. The van der Waals surface area contributed by atoms with E-state index in [2.05, 4.69) is 4.98 Å². The number of nitro benzene ring substituents is 1. The molecule has 12 nitrogen and oxygen atoms in total. The first-order chi connectivity index (χ1) is 15.6. The Bertz CT molecular complexity index is 1160. The number of aromatic nitrogens is 2. The van der Waals surface area contributed by atoms with Crippen molar-refractivity contribution < 1.29 is 29.0 Å². The van der Waals surface area contributed by atoms with Crippen LogP contribution in [-0.4, -0.2) is 51.2 Å². The summed E-state index contributed by atoms with van der Waals surface area (Å²) in [7, 11) is 0. The van der Waals surface area contributed by atoms with Gasteiger partial charge in [-0.05, 0) is 13.0 Å². The van der Waals surface area contributed by atoms with Gasteiger partial charge in [0.15, 0.2) is 0 Å². The zero-order valence-corrected chi connectivity index (χ0v) is 18.5. The maximum Gasteiger partial charge on any atom is 0.508 e. The fourth-order valence-corrected chi connectivity index (χ4v) is 3.57. The van der Waals surface area contributed by atoms with Crippen molar-refractivity contribution in [2.24, 2.45) is 0 Å². The molecule has 0 amide bonds. The van der Waals surface area contributed by atoms with Crippen LogP contribution in [0.25, 0.3) is 0 Å². The molecule has 0 radical (unpaired) electrons. The van der Waals surface area contributed by atoms with E-state index in [1.165, 1.54) is 31.3 Å². The SMILES string of the molecule is Cc1cn([C@H]2C[C@H](O)[C@@H](COC(=O)OCC(C)c3ccc(Cl)cc3[N+](=O)[O-])O2)c(=O)[nH]c1=O. The van der Waals surface area contributed by atoms with E-state index in [-0.39, 0.29) is 30.3 Å². The number of nitrogens with one attached hydrogen (secondary N) is 1. The Morgan fingerprint density at radius 1 is 1.42 bits per heavy atom. The van der Waals surface area contributed by atoms with Gasteiger partial charge in [0.2, 0.25) is 0 Å². The predicted octanol–water partition coefficient (Wildman–Crippen LogP) is 2.01. The number of benzene rings is 1. The van der Waals surface area contributed by atoms with Gasteiger partial charge in [-0.3, -0.25) is 24.5 Å². The zero-order valence-electron chi connectivity index (χ0n) is 17.7. The molecule has 13 heteroatoms. The zero-order chi connectivity index (χ0) is 24.3. The van der Waals surface area contributed by atoms with E-state index in [4.69, 9.17) is 25.8 Å². The number of hydrogen-bond donors (Lipinski definition) is 2. The van der Waals surface area contributed by atoms with Gasteiger partial charge in [0.05, 0.1) is 11.0 Å². The lowest BCUT2D eigenvalue weighted by atomic mass is 10.0. The fourth-order valence-electron chi connectivity index (χ4n) is 3.40. The van der Waals surface area contributed by atoms with Gasteiger partial charge in [-0.2, -0.15) is 0 Å². The summed E-state index contributed by atoms with van der Waals surface area (Å²) in [6.07, 6.45) is -2.47. The molecule has 1 unspecified atom stereocenters. The van der Waals surface area contributed by atoms with Crippen LogP contribution in [0.15, 0.2) is 34.0 Å². The lowest BCUT2D eigenvalue weighted by molar-refractivity contribution is -0.385. The molecule has 1 aromatic carbocycles. The predicted molar refractivity (Wildman–Crippen MR) is 114 cm³/mol. The smallest absolute Gasteiger partial charge is 0.434 e. The summed E-state index contributed by atoms with van der Waals surface area (Å²) in [4.78, 5) is 48.3. The van der Waals surface area contributed by atoms with Gasteiger partial charge in [-0.15, -0.1) is 0 Å². The minimum atomic E-state index is -1.05. The molecule has 33 heavy (non-hydrogen) atoms. The summed E-state index contributed by atoms with van der Waals surface area (Å²) in [6.45, 7) is 2.63. The van der Waals surface area contributed by atoms with Gasteiger partial charge in [0, 0.05) is 40.8 Å². The summed E-state index contributed by atoms with van der Waals surface area (Å²) >= 11 is 5.80. The molecule has 2 heterocycles. The van der Waals surface area contributed by atoms with Crippen LogP contribution < -0.4 is 11.2 Å². The third-order valence-corrected chi connectivity index (χ3v) is 5.43. The molecule has 3 rings (SSSR count). The quantitative estimate of drug-likeness (QED) is 0.340. The van der Waals surface area contributed by atoms with Gasteiger partial charge in [-0.25, -0.2) is 9.59 Å². The van der Waals surface area contributed by atoms with Crippen molar-refractivity contribution in [3.05, 3.63) is 71.5 Å². The van der Waals surface area contributed by atoms with Crippen LogP contribution >= 0.6 is 11.6 Å². The van der Waals surface area contributed by atoms with Crippen LogP contribution in [0.1, 0.15) is 36.6 Å². The number of nitro groups is 1. The largest absolute Gasteiger partial charge is 0.508 e. The van der Waals surface area contributed by atoms with Gasteiger partial charge >= 0.3 is 11.8 Å². The maximum atomic E-state index is 12.0. The third kappa shape index (κ3) is 5.78. The molecule has 2 N–H and O–H groups in total. The second-order valence-corrected chi connectivity index (χ2v) is 8.08. The third-order valence-electron chi connectivity index (χ3n) is 5.20. The number of aromatic amines is 1. The first-order valence-electron chi connectivity index (χ1n) is 9.95. The molecular formula is C20H22ClN3O9. The summed E-state index contributed by atoms with van der Waals surface area (Å²) in [5.74, 6) is -0.511. The summed E-state index contributed by atoms with van der Waals surface area (Å²) in [6, 6.07) is 4.21. The molecule has 0 spiro atoms. The number of halogens is 1. The van der Waals surface area contributed by atoms with E-state index in [0.717, 1.165) is 4.57 Å². The maximum absolute atomic E-state index is 12.0. The highest BCUT2D eigenvalue weighted by molar-refractivity contribution is 6.30. The average Bonchev–Trinajstić information content (AvgIpc) is 3.13. The lowest BCUT2D eigenvalue weighted by Gasteiger charge is -2.17. The molecule has 0 saturated carbocycles. The van der Waals surface area contributed by atoms with Crippen LogP contribution in [0.4, 0.5) is 10.5 Å². The van der Waals surface area contributed by atoms with Crippen molar-refractivity contribution in [3.8, 4) is 0 Å². The Labute approximate surface area is 191 Å². The fraction of sp³-hybridized carbons (Fsp3) is 0.450. The molecule has 0 aliphatic carbocycles. The Kier molecular flexibility index (Phi) is 7.51. The molecule has 2 aromatic rings. The second-order valence-electron chi connectivity index (χ2n) is 7.64. The van der Waals surface area contributed by atoms with Gasteiger partial charge in [0.25, 0.3) is 11.2 Å². The highest BCUT2D eigenvalue weighted by Crippen LogP contribution is 2.30. The van der Waals surface area contributed by atoms with E-state index in [9.17, 15) is 29.6 Å². The van der Waals surface area contributed by atoms with Crippen molar-refractivity contribution in [2.45, 2.75) is 44.6 Å². The standard InChI is InChI=1S/C20H22ClN3O9/c1-10-7-23(19(27)22-18(10)26)17-6-15(25)16(33-17)9-32-20(28)31-8-11(2)13-4-3-12(21)5-14(13)24(29)30/h3-5,7,11,15-17,25H,6,8-9H2,1-2H3,(H,22,26,27)/t11?,15-,16+,17+/m0/s1. The number of ether oxygens (including phenoxy) is 3. The minimum absolute atomic E-state index is 0.0474. The lowest BCUT2D eigenvalue weighted by Crippen LogP contribution is -2.33. The molecule has 178 valence electrons. The number of aryl methyl sites for hydroxylation is 1. The normalized spacial score (nSPS) is 20.9. The van der Waals surface area contributed by atoms with Crippen molar-refractivity contribution in [1.82, 2.24) is 9.55 Å². The van der Waals surface area contributed by atoms with Crippen molar-refractivity contribution in [2.75, 3.05) is 13.2 Å². The molecule has 1 aliphatic heterocycles. The molecule has 4 atom stereocenters. The first kappa shape index (κ1) is 24.4. The molecule has 1 saturated heterocycles. The van der Waals surface area contributed by atoms with Crippen LogP contribution in [0.2, 0.25) is 5.02 Å². The number of rotatable bonds is 7. The van der Waals surface area contributed by atoms with E-state index < -0.39 is 46.7 Å². The molecule has 0 bridgehead atoms. The minimum Gasteiger partial charge on any atom is -0.434 e. The van der Waals surface area contributed by atoms with Crippen molar-refractivity contribution >= 4 is 23.4 Å². The number of carbonyl (C=O) groups is 1. The highest BCUT2D eigenvalue weighted by Gasteiger charge is 2.36. The molecule has 1 aliphatic rings. The Hall–Kier alpha value is -3.22. The number of aliphatic hydroxyl groups excluding tert-OH is 1. The first-order valence-corrected chi connectivity index (χ1v) is 10.3. The monoisotopic (exact) mass is 483 g/mol. The van der Waals surface area contributed by atoms with Gasteiger partial charge in [-0.1, -0.05) is 24.6 Å². The number of aliphatic hydroxyl groups is 1. The average molecular weight is 484 g/mol. The van der Waals surface area contributed by atoms with E-state index in [0.29, 0.717) is 11.1 Å². The number of H-pyrrole nitrogens is 1. The Balaban J connectivity index is 1.53. The van der Waals surface area contributed by atoms with Crippen LogP contribution in [0, 0.1) is 17.0 Å². The summed E-state index contributed by atoms with van der Waals surface area (Å²) in [5, 5.41) is 21.6. The number of nitrogens with zero attached hydrogens (tertiary/aromatic N) is 2. The Morgan fingerprint density at radius 2 is 2.15 bits per heavy atom. The summed E-state index contributed by atoms with van der Waals surface area (Å²) in [5.41, 5.74) is -0.750. The van der Waals surface area contributed by atoms with E-state index in [1.807, 2.05) is 0 Å². The number of carbonyl (C=O) groups excluding carboxylic acids is 1. The van der Waals surface area contributed by atoms with Crippen molar-refractivity contribution in [3.63, 3.8) is 0 Å². The number of hydrogen-bond acceptors (Lipinski definition) is 9. The van der Waals surface area contributed by atoms with Gasteiger partial charge in [0.1, 0.15) is 25.5 Å². The molecular weight excluding hydrogens is 462 g/mol. The summed E-state index contributed by atoms with van der Waals surface area (Å²) < 4.78 is 16.8. The van der Waals surface area contributed by atoms with Crippen LogP contribution in [0.3, 0.4) is 0 Å². The topological polar surface area (TPSA) is 163 Å². The molecule has 1 aromatic heterocycles. The molecule has 1 fully saturated rings. The van der Waals surface area contributed by atoms with Crippen LogP contribution in [-0.2, 0) is 14.2 Å². The van der Waals surface area contributed by atoms with Crippen LogP contribution in [0.5, 0.6) is 0 Å². The van der Waals surface area contributed by atoms with E-state index in [1.54, 1.807) is 6.92 Å². The second kappa shape index (κ2) is 10.1. The van der Waals surface area contributed by atoms with E-state index >= 15 is 0 Å².